The molecule has 0 saturated carbocycles. The molecule has 0 aliphatic carbocycles. The molecule has 2 heterocycles. The fraction of sp³-hybridized carbons (Fsp3) is 0.800. The maximum absolute atomic E-state index is 12.3. The molecule has 0 spiro atoms. The summed E-state index contributed by atoms with van der Waals surface area (Å²) in [6, 6.07) is -0.239. The van der Waals surface area contributed by atoms with Crippen molar-refractivity contribution in [2.45, 2.75) is 57.5 Å². The number of urea groups is 1. The number of imide groups is 1. The molecule has 0 radical (unpaired) electrons. The summed E-state index contributed by atoms with van der Waals surface area (Å²) in [5, 5.41) is 2.64. The number of piperidine rings is 1. The smallest absolute Gasteiger partial charge is 0.325 e. The average molecular weight is 310 g/mol. The molecule has 0 aromatic rings. The number of likely N-dealkylation sites (tertiary alicyclic amines) is 1. The molecular formula is C15H26N4O3. The molecule has 22 heavy (non-hydrogen) atoms. The maximum Gasteiger partial charge on any atom is 0.325 e. The number of amides is 4. The summed E-state index contributed by atoms with van der Waals surface area (Å²) in [5.74, 6) is -0.163. The van der Waals surface area contributed by atoms with Gasteiger partial charge in [-0.2, -0.15) is 0 Å². The molecule has 1 atom stereocenters. The van der Waals surface area contributed by atoms with E-state index in [1.54, 1.807) is 13.8 Å². The summed E-state index contributed by atoms with van der Waals surface area (Å²) in [5.41, 5.74) is 4.88. The van der Waals surface area contributed by atoms with Crippen LogP contribution in [-0.2, 0) is 9.59 Å². The van der Waals surface area contributed by atoms with E-state index in [0.717, 1.165) is 25.8 Å². The minimum Gasteiger partial charge on any atom is -0.338 e. The van der Waals surface area contributed by atoms with Crippen molar-refractivity contribution in [2.24, 2.45) is 5.73 Å². The van der Waals surface area contributed by atoms with Crippen molar-refractivity contribution in [3.8, 4) is 0 Å². The van der Waals surface area contributed by atoms with E-state index in [1.807, 2.05) is 4.90 Å². The van der Waals surface area contributed by atoms with Gasteiger partial charge in [0.15, 0.2) is 0 Å². The second-order valence-electron chi connectivity index (χ2n) is 6.59. The minimum absolute atomic E-state index is 0.0708. The number of hydrogen-bond donors (Lipinski definition) is 2. The maximum atomic E-state index is 12.3. The lowest BCUT2D eigenvalue weighted by Crippen LogP contribution is -2.47. The van der Waals surface area contributed by atoms with Crippen LogP contribution < -0.4 is 11.1 Å². The predicted molar refractivity (Wildman–Crippen MR) is 82.0 cm³/mol. The van der Waals surface area contributed by atoms with Gasteiger partial charge in [0.05, 0.1) is 0 Å². The number of nitrogens with two attached hydrogens (primary N) is 1. The first-order valence-corrected chi connectivity index (χ1v) is 8.00. The van der Waals surface area contributed by atoms with E-state index in [-0.39, 0.29) is 30.4 Å². The molecular weight excluding hydrogens is 284 g/mol. The molecule has 124 valence electrons. The first-order valence-electron chi connectivity index (χ1n) is 8.00. The second kappa shape index (κ2) is 6.64. The largest absolute Gasteiger partial charge is 0.338 e. The normalized spacial score (nSPS) is 24.6. The van der Waals surface area contributed by atoms with Gasteiger partial charge in [-0.05, 0) is 39.5 Å². The van der Waals surface area contributed by atoms with Crippen molar-refractivity contribution in [1.82, 2.24) is 15.1 Å². The number of nitrogens with zero attached hydrogens (tertiary/aromatic N) is 2. The summed E-state index contributed by atoms with van der Waals surface area (Å²) in [6.07, 6.45) is 3.92. The molecule has 1 unspecified atom stereocenters. The lowest BCUT2D eigenvalue weighted by Gasteiger charge is -2.35. The second-order valence-corrected chi connectivity index (χ2v) is 6.59. The highest BCUT2D eigenvalue weighted by Gasteiger charge is 2.43. The Labute approximate surface area is 131 Å². The number of hydrogen-bond acceptors (Lipinski definition) is 4. The van der Waals surface area contributed by atoms with Crippen LogP contribution in [0, 0.1) is 0 Å². The molecule has 0 bridgehead atoms. The van der Waals surface area contributed by atoms with Gasteiger partial charge >= 0.3 is 6.03 Å². The van der Waals surface area contributed by atoms with Crippen molar-refractivity contribution in [1.29, 1.82) is 0 Å². The van der Waals surface area contributed by atoms with E-state index in [4.69, 9.17) is 5.73 Å². The lowest BCUT2D eigenvalue weighted by atomic mass is 10.0. The van der Waals surface area contributed by atoms with E-state index in [9.17, 15) is 14.4 Å². The van der Waals surface area contributed by atoms with Crippen LogP contribution in [-0.4, -0.2) is 58.9 Å². The molecule has 7 heteroatoms. The number of carbonyl (C=O) groups is 3. The third-order valence-corrected chi connectivity index (χ3v) is 4.44. The van der Waals surface area contributed by atoms with Crippen molar-refractivity contribution in [2.75, 3.05) is 19.6 Å². The number of carbonyl (C=O) groups excluding carboxylic acids is 3. The molecule has 2 aliphatic rings. The highest BCUT2D eigenvalue weighted by atomic mass is 16.2. The highest BCUT2D eigenvalue weighted by molar-refractivity contribution is 6.06. The molecule has 7 nitrogen and oxygen atoms in total. The number of nitrogens with one attached hydrogen (secondary N) is 1. The van der Waals surface area contributed by atoms with Gasteiger partial charge in [-0.3, -0.25) is 14.5 Å². The van der Waals surface area contributed by atoms with E-state index in [1.165, 1.54) is 4.90 Å². The Balaban J connectivity index is 1.82. The predicted octanol–water partition coefficient (Wildman–Crippen LogP) is 0.437. The standard InChI is InChI=1S/C15H26N4O3/c1-15(2)13(21)19(14(22)17-15)9-5-7-12(20)18-8-4-3-6-11(18)10-16/h11H,3-10,16H2,1-2H3,(H,17,22). The van der Waals surface area contributed by atoms with Crippen LogP contribution in [0.4, 0.5) is 4.79 Å². The molecule has 0 aromatic heterocycles. The van der Waals surface area contributed by atoms with Crippen LogP contribution in [0.3, 0.4) is 0 Å². The third-order valence-electron chi connectivity index (χ3n) is 4.44. The van der Waals surface area contributed by atoms with E-state index < -0.39 is 5.54 Å². The summed E-state index contributed by atoms with van der Waals surface area (Å²) < 4.78 is 0. The molecule has 2 fully saturated rings. The van der Waals surface area contributed by atoms with Crippen molar-refractivity contribution in [3.05, 3.63) is 0 Å². The minimum atomic E-state index is -0.849. The van der Waals surface area contributed by atoms with Gasteiger partial charge in [-0.15, -0.1) is 0 Å². The zero-order chi connectivity index (χ0) is 16.3. The van der Waals surface area contributed by atoms with Crippen LogP contribution in [0.25, 0.3) is 0 Å². The monoisotopic (exact) mass is 310 g/mol. The summed E-state index contributed by atoms with van der Waals surface area (Å²) >= 11 is 0. The van der Waals surface area contributed by atoms with E-state index >= 15 is 0 Å². The lowest BCUT2D eigenvalue weighted by molar-refractivity contribution is -0.135. The quantitative estimate of drug-likeness (QED) is 0.720. The molecule has 0 aromatic carbocycles. The van der Waals surface area contributed by atoms with Gasteiger partial charge in [0.25, 0.3) is 5.91 Å². The topological polar surface area (TPSA) is 95.7 Å². The van der Waals surface area contributed by atoms with E-state index in [2.05, 4.69) is 5.32 Å². The Morgan fingerprint density at radius 2 is 2.09 bits per heavy atom. The first kappa shape index (κ1) is 16.7. The molecule has 2 rings (SSSR count). The summed E-state index contributed by atoms with van der Waals surface area (Å²) in [6.45, 7) is 4.89. The Hall–Kier alpha value is -1.63. The fourth-order valence-electron chi connectivity index (χ4n) is 3.13. The van der Waals surface area contributed by atoms with E-state index in [0.29, 0.717) is 19.4 Å². The molecule has 2 aliphatic heterocycles. The van der Waals surface area contributed by atoms with Crippen LogP contribution in [0.15, 0.2) is 0 Å². The summed E-state index contributed by atoms with van der Waals surface area (Å²) in [4.78, 5) is 39.2. The average Bonchev–Trinajstić information content (AvgIpc) is 2.68. The van der Waals surface area contributed by atoms with Crippen molar-refractivity contribution >= 4 is 17.8 Å². The fourth-order valence-corrected chi connectivity index (χ4v) is 3.13. The van der Waals surface area contributed by atoms with Crippen LogP contribution in [0.2, 0.25) is 0 Å². The number of rotatable bonds is 5. The van der Waals surface area contributed by atoms with Crippen LogP contribution >= 0.6 is 0 Å². The van der Waals surface area contributed by atoms with Crippen molar-refractivity contribution < 1.29 is 14.4 Å². The Morgan fingerprint density at radius 3 is 2.68 bits per heavy atom. The third kappa shape index (κ3) is 3.40. The zero-order valence-corrected chi connectivity index (χ0v) is 13.4. The molecule has 2 saturated heterocycles. The zero-order valence-electron chi connectivity index (χ0n) is 13.4. The van der Waals surface area contributed by atoms with Gasteiger partial charge < -0.3 is 16.0 Å². The SMILES string of the molecule is CC1(C)NC(=O)N(CCCC(=O)N2CCCCC2CN)C1=O. The van der Waals surface area contributed by atoms with Gasteiger partial charge in [-0.1, -0.05) is 0 Å². The molecule has 4 amide bonds. The van der Waals surface area contributed by atoms with Gasteiger partial charge in [0, 0.05) is 32.1 Å². The van der Waals surface area contributed by atoms with Crippen LogP contribution in [0.1, 0.15) is 46.0 Å². The van der Waals surface area contributed by atoms with Crippen molar-refractivity contribution in [3.63, 3.8) is 0 Å². The van der Waals surface area contributed by atoms with Gasteiger partial charge in [0.2, 0.25) is 5.91 Å². The Kier molecular flexibility index (Phi) is 5.05. The first-order chi connectivity index (χ1) is 10.4. The Bertz CT molecular complexity index is 464. The van der Waals surface area contributed by atoms with Crippen LogP contribution in [0.5, 0.6) is 0 Å². The highest BCUT2D eigenvalue weighted by Crippen LogP contribution is 2.19. The van der Waals surface area contributed by atoms with Gasteiger partial charge in [-0.25, -0.2) is 4.79 Å². The summed E-state index contributed by atoms with van der Waals surface area (Å²) in [7, 11) is 0. The molecule has 3 N–H and O–H groups in total. The van der Waals surface area contributed by atoms with Gasteiger partial charge in [0.1, 0.15) is 5.54 Å². The Morgan fingerprint density at radius 1 is 1.36 bits per heavy atom.